The fourth-order valence-electron chi connectivity index (χ4n) is 3.72. The quantitative estimate of drug-likeness (QED) is 0.423. The zero-order valence-electron chi connectivity index (χ0n) is 21.2. The van der Waals surface area contributed by atoms with Crippen molar-refractivity contribution in [1.29, 1.82) is 0 Å². The molecule has 2 amide bonds. The molecular formula is C27H36FN3O4S. The standard InChI is InChI=1S/C27H36FN3O4S/c1-19(2)16-17-29-27(33)20(3)31(18-22-4-9-23(28)10-5-22)26(32)15-8-21-6-13-25(14-7-21)36(34,35)30-24-11-12-24/h4-7,9-10,13-14,19-20,24,30H,8,11-12,15-18H2,1-3H3,(H,29,33)/t20-/m0/s1. The summed E-state index contributed by atoms with van der Waals surface area (Å²) in [5, 5.41) is 2.90. The molecule has 9 heteroatoms. The zero-order valence-corrected chi connectivity index (χ0v) is 22.0. The molecule has 0 heterocycles. The van der Waals surface area contributed by atoms with E-state index in [0.717, 1.165) is 30.4 Å². The van der Waals surface area contributed by atoms with Crippen molar-refractivity contribution in [2.45, 2.75) is 76.4 Å². The molecule has 2 N–H and O–H groups in total. The molecule has 0 aromatic heterocycles. The fraction of sp³-hybridized carbons (Fsp3) is 0.481. The van der Waals surface area contributed by atoms with E-state index in [0.29, 0.717) is 18.9 Å². The van der Waals surface area contributed by atoms with E-state index in [1.54, 1.807) is 43.3 Å². The molecule has 3 rings (SSSR count). The lowest BCUT2D eigenvalue weighted by Gasteiger charge is -2.29. The summed E-state index contributed by atoms with van der Waals surface area (Å²) in [5.41, 5.74) is 1.55. The van der Waals surface area contributed by atoms with Gasteiger partial charge in [-0.2, -0.15) is 0 Å². The van der Waals surface area contributed by atoms with Crippen molar-refractivity contribution in [3.05, 3.63) is 65.5 Å². The minimum Gasteiger partial charge on any atom is -0.354 e. The van der Waals surface area contributed by atoms with E-state index in [2.05, 4.69) is 23.9 Å². The highest BCUT2D eigenvalue weighted by Gasteiger charge is 2.28. The zero-order chi connectivity index (χ0) is 26.3. The molecule has 196 valence electrons. The Morgan fingerprint density at radius 1 is 1.00 bits per heavy atom. The minimum atomic E-state index is -3.53. The molecule has 1 saturated carbocycles. The van der Waals surface area contributed by atoms with Gasteiger partial charge in [0.25, 0.3) is 0 Å². The van der Waals surface area contributed by atoms with E-state index < -0.39 is 16.1 Å². The Kier molecular flexibility index (Phi) is 9.62. The highest BCUT2D eigenvalue weighted by molar-refractivity contribution is 7.89. The van der Waals surface area contributed by atoms with E-state index >= 15 is 0 Å². The van der Waals surface area contributed by atoms with Crippen LogP contribution >= 0.6 is 0 Å². The monoisotopic (exact) mass is 517 g/mol. The van der Waals surface area contributed by atoms with Crippen LogP contribution in [0.5, 0.6) is 0 Å². The molecule has 2 aromatic rings. The molecular weight excluding hydrogens is 481 g/mol. The highest BCUT2D eigenvalue weighted by Crippen LogP contribution is 2.22. The van der Waals surface area contributed by atoms with Crippen LogP contribution < -0.4 is 10.0 Å². The Bertz CT molecular complexity index is 1130. The molecule has 1 aliphatic carbocycles. The van der Waals surface area contributed by atoms with Crippen LogP contribution in [0, 0.1) is 11.7 Å². The average Bonchev–Trinajstić information content (AvgIpc) is 3.65. The van der Waals surface area contributed by atoms with Crippen molar-refractivity contribution in [2.75, 3.05) is 6.54 Å². The predicted octanol–water partition coefficient (Wildman–Crippen LogP) is 3.78. The van der Waals surface area contributed by atoms with Gasteiger partial charge in [0.05, 0.1) is 4.90 Å². The summed E-state index contributed by atoms with van der Waals surface area (Å²) in [7, 11) is -3.53. The van der Waals surface area contributed by atoms with Crippen molar-refractivity contribution in [2.24, 2.45) is 5.92 Å². The van der Waals surface area contributed by atoms with Gasteiger partial charge < -0.3 is 10.2 Å². The van der Waals surface area contributed by atoms with Crippen LogP contribution in [0.15, 0.2) is 53.4 Å². The van der Waals surface area contributed by atoms with E-state index in [-0.39, 0.29) is 41.5 Å². The van der Waals surface area contributed by atoms with Crippen molar-refractivity contribution >= 4 is 21.8 Å². The maximum Gasteiger partial charge on any atom is 0.242 e. The first kappa shape index (κ1) is 27.8. The molecule has 1 atom stereocenters. The molecule has 2 aromatic carbocycles. The van der Waals surface area contributed by atoms with Gasteiger partial charge in [-0.1, -0.05) is 38.1 Å². The summed E-state index contributed by atoms with van der Waals surface area (Å²) in [5.74, 6) is -0.362. The lowest BCUT2D eigenvalue weighted by atomic mass is 10.1. The molecule has 0 saturated heterocycles. The number of amides is 2. The largest absolute Gasteiger partial charge is 0.354 e. The molecule has 0 spiro atoms. The van der Waals surface area contributed by atoms with Crippen molar-refractivity contribution in [3.63, 3.8) is 0 Å². The summed E-state index contributed by atoms with van der Waals surface area (Å²) in [6, 6.07) is 11.7. The Morgan fingerprint density at radius 2 is 1.61 bits per heavy atom. The van der Waals surface area contributed by atoms with E-state index in [4.69, 9.17) is 0 Å². The fourth-order valence-corrected chi connectivity index (χ4v) is 5.02. The van der Waals surface area contributed by atoms with E-state index in [1.165, 1.54) is 17.0 Å². The molecule has 36 heavy (non-hydrogen) atoms. The third-order valence-corrected chi connectivity index (χ3v) is 7.75. The summed E-state index contributed by atoms with van der Waals surface area (Å²) in [4.78, 5) is 27.7. The van der Waals surface area contributed by atoms with Gasteiger partial charge in [0.15, 0.2) is 0 Å². The van der Waals surface area contributed by atoms with Gasteiger partial charge in [0, 0.05) is 25.6 Å². The number of carbonyl (C=O) groups is 2. The van der Waals surface area contributed by atoms with Gasteiger partial charge in [0.2, 0.25) is 21.8 Å². The Hall–Kier alpha value is -2.78. The van der Waals surface area contributed by atoms with Crippen molar-refractivity contribution < 1.29 is 22.4 Å². The number of hydrogen-bond acceptors (Lipinski definition) is 4. The van der Waals surface area contributed by atoms with Crippen LogP contribution in [0.4, 0.5) is 4.39 Å². The SMILES string of the molecule is CC(C)CCNC(=O)[C@H](C)N(Cc1ccc(F)cc1)C(=O)CCc1ccc(S(=O)(=O)NC2CC2)cc1. The van der Waals surface area contributed by atoms with E-state index in [1.807, 2.05) is 0 Å². The third kappa shape index (κ3) is 8.41. The van der Waals surface area contributed by atoms with Gasteiger partial charge in [0.1, 0.15) is 11.9 Å². The number of rotatable bonds is 13. The first-order chi connectivity index (χ1) is 17.0. The molecule has 1 aliphatic rings. The number of nitrogens with one attached hydrogen (secondary N) is 2. The van der Waals surface area contributed by atoms with Crippen LogP contribution in [0.3, 0.4) is 0 Å². The van der Waals surface area contributed by atoms with Gasteiger partial charge in [-0.3, -0.25) is 9.59 Å². The molecule has 0 aliphatic heterocycles. The first-order valence-corrected chi connectivity index (χ1v) is 14.0. The van der Waals surface area contributed by atoms with Crippen LogP contribution in [0.2, 0.25) is 0 Å². The maximum absolute atomic E-state index is 13.4. The normalized spacial score (nSPS) is 14.5. The van der Waals surface area contributed by atoms with Gasteiger partial charge in [-0.15, -0.1) is 0 Å². The molecule has 0 radical (unpaired) electrons. The van der Waals surface area contributed by atoms with Gasteiger partial charge >= 0.3 is 0 Å². The van der Waals surface area contributed by atoms with Gasteiger partial charge in [-0.05, 0) is 73.9 Å². The van der Waals surface area contributed by atoms with E-state index in [9.17, 15) is 22.4 Å². The summed E-state index contributed by atoms with van der Waals surface area (Å²) in [6.45, 7) is 6.56. The number of carbonyl (C=O) groups excluding carboxylic acids is 2. The summed E-state index contributed by atoms with van der Waals surface area (Å²) in [6.07, 6.45) is 3.12. The lowest BCUT2D eigenvalue weighted by Crippen LogP contribution is -2.48. The predicted molar refractivity (Wildman–Crippen MR) is 137 cm³/mol. The van der Waals surface area contributed by atoms with Gasteiger partial charge in [-0.25, -0.2) is 17.5 Å². The number of sulfonamides is 1. The van der Waals surface area contributed by atoms with Crippen molar-refractivity contribution in [1.82, 2.24) is 14.9 Å². The van der Waals surface area contributed by atoms with Crippen LogP contribution in [0.1, 0.15) is 57.6 Å². The molecule has 0 bridgehead atoms. The maximum atomic E-state index is 13.4. The number of benzene rings is 2. The smallest absolute Gasteiger partial charge is 0.242 e. The lowest BCUT2D eigenvalue weighted by molar-refractivity contribution is -0.140. The summed E-state index contributed by atoms with van der Waals surface area (Å²) < 4.78 is 40.7. The van der Waals surface area contributed by atoms with Crippen LogP contribution in [-0.4, -0.2) is 43.8 Å². The Morgan fingerprint density at radius 3 is 2.19 bits per heavy atom. The second-order valence-corrected chi connectivity index (χ2v) is 11.6. The number of hydrogen-bond donors (Lipinski definition) is 2. The molecule has 1 fully saturated rings. The number of aryl methyl sites for hydroxylation is 1. The average molecular weight is 518 g/mol. The van der Waals surface area contributed by atoms with Crippen molar-refractivity contribution in [3.8, 4) is 0 Å². The third-order valence-electron chi connectivity index (χ3n) is 6.21. The minimum absolute atomic E-state index is 0.0314. The first-order valence-electron chi connectivity index (χ1n) is 12.5. The molecule has 0 unspecified atom stereocenters. The topological polar surface area (TPSA) is 95.6 Å². The highest BCUT2D eigenvalue weighted by atomic mass is 32.2. The summed E-state index contributed by atoms with van der Waals surface area (Å²) >= 11 is 0. The second-order valence-electron chi connectivity index (χ2n) is 9.84. The van der Waals surface area contributed by atoms with Crippen LogP contribution in [-0.2, 0) is 32.6 Å². The molecule has 7 nitrogen and oxygen atoms in total. The Balaban J connectivity index is 1.65. The number of nitrogens with zero attached hydrogens (tertiary/aromatic N) is 1. The second kappa shape index (κ2) is 12.5. The number of halogens is 1. The Labute approximate surface area is 213 Å². The van der Waals surface area contributed by atoms with Crippen LogP contribution in [0.25, 0.3) is 0 Å².